The van der Waals surface area contributed by atoms with Crippen LogP contribution >= 0.6 is 0 Å². The second kappa shape index (κ2) is 7.94. The first-order chi connectivity index (χ1) is 14.2. The zero-order valence-corrected chi connectivity index (χ0v) is 15.8. The lowest BCUT2D eigenvalue weighted by Crippen LogP contribution is -2.18. The molecular formula is C24H18N2O3. The number of nitrogens with zero attached hydrogens (tertiary/aromatic N) is 1. The number of allylic oxidation sites excluding steroid dienone is 1. The molecule has 0 spiro atoms. The third-order valence-corrected chi connectivity index (χ3v) is 4.56. The van der Waals surface area contributed by atoms with Crippen LogP contribution in [0.3, 0.4) is 0 Å². The molecule has 0 radical (unpaired) electrons. The summed E-state index contributed by atoms with van der Waals surface area (Å²) in [6.07, 6.45) is 1.68. The van der Waals surface area contributed by atoms with Crippen LogP contribution in [-0.4, -0.2) is 22.9 Å². The van der Waals surface area contributed by atoms with Crippen molar-refractivity contribution in [1.82, 2.24) is 9.97 Å². The van der Waals surface area contributed by atoms with Crippen LogP contribution < -0.4 is 10.3 Å². The number of fused-ring (bicyclic) bond motifs is 1. The van der Waals surface area contributed by atoms with E-state index in [-0.39, 0.29) is 17.1 Å². The lowest BCUT2D eigenvalue weighted by molar-refractivity contribution is 0.105. The van der Waals surface area contributed by atoms with Gasteiger partial charge in [0.1, 0.15) is 11.4 Å². The summed E-state index contributed by atoms with van der Waals surface area (Å²) < 4.78 is 5.19. The summed E-state index contributed by atoms with van der Waals surface area (Å²) >= 11 is 0. The van der Waals surface area contributed by atoms with Crippen LogP contribution in [0.25, 0.3) is 22.7 Å². The third kappa shape index (κ3) is 3.84. The molecule has 0 aliphatic carbocycles. The quantitative estimate of drug-likeness (QED) is 0.411. The predicted molar refractivity (Wildman–Crippen MR) is 114 cm³/mol. The monoisotopic (exact) mass is 382 g/mol. The summed E-state index contributed by atoms with van der Waals surface area (Å²) in [5, 5.41) is 0. The molecule has 0 fully saturated rings. The second-order valence-electron chi connectivity index (χ2n) is 6.46. The number of H-pyrrole nitrogens is 1. The normalized spacial score (nSPS) is 11.4. The van der Waals surface area contributed by atoms with E-state index < -0.39 is 5.56 Å². The van der Waals surface area contributed by atoms with Gasteiger partial charge in [0, 0.05) is 5.56 Å². The van der Waals surface area contributed by atoms with Crippen molar-refractivity contribution in [3.8, 4) is 5.75 Å². The van der Waals surface area contributed by atoms with Gasteiger partial charge in [0.15, 0.2) is 5.78 Å². The summed E-state index contributed by atoms with van der Waals surface area (Å²) in [4.78, 5) is 33.4. The molecule has 0 aliphatic heterocycles. The Kier molecular flexibility index (Phi) is 5.03. The maximum Gasteiger partial charge on any atom is 0.275 e. The van der Waals surface area contributed by atoms with Crippen molar-refractivity contribution in [2.24, 2.45) is 0 Å². The fourth-order valence-corrected chi connectivity index (χ4v) is 3.07. The number of nitrogens with one attached hydrogen (secondary N) is 1. The highest BCUT2D eigenvalue weighted by Gasteiger charge is 2.19. The minimum Gasteiger partial charge on any atom is -0.497 e. The number of methoxy groups -OCH3 is 1. The molecule has 0 saturated carbocycles. The van der Waals surface area contributed by atoms with Gasteiger partial charge in [-0.15, -0.1) is 0 Å². The first-order valence-corrected chi connectivity index (χ1v) is 9.10. The van der Waals surface area contributed by atoms with Gasteiger partial charge in [0.05, 0.1) is 23.7 Å². The SMILES string of the molecule is COc1ccc(/C=C(\C(=O)c2ccccc2)c2nc3ccccc3[nH]c2=O)cc1. The van der Waals surface area contributed by atoms with E-state index in [0.29, 0.717) is 22.3 Å². The largest absolute Gasteiger partial charge is 0.497 e. The van der Waals surface area contributed by atoms with E-state index in [2.05, 4.69) is 9.97 Å². The third-order valence-electron chi connectivity index (χ3n) is 4.56. The number of aromatic nitrogens is 2. The van der Waals surface area contributed by atoms with Crippen LogP contribution in [0.5, 0.6) is 5.75 Å². The molecule has 0 unspecified atom stereocenters. The van der Waals surface area contributed by atoms with Crippen molar-refractivity contribution in [3.05, 3.63) is 106 Å². The summed E-state index contributed by atoms with van der Waals surface area (Å²) in [6.45, 7) is 0. The van der Waals surface area contributed by atoms with Gasteiger partial charge in [-0.1, -0.05) is 54.6 Å². The molecule has 0 bridgehead atoms. The number of para-hydroxylation sites is 2. The van der Waals surface area contributed by atoms with Gasteiger partial charge in [-0.3, -0.25) is 9.59 Å². The lowest BCUT2D eigenvalue weighted by atomic mass is 9.98. The van der Waals surface area contributed by atoms with E-state index in [1.54, 1.807) is 61.7 Å². The van der Waals surface area contributed by atoms with Crippen LogP contribution in [0.1, 0.15) is 21.6 Å². The van der Waals surface area contributed by atoms with Gasteiger partial charge >= 0.3 is 0 Å². The van der Waals surface area contributed by atoms with Crippen molar-refractivity contribution < 1.29 is 9.53 Å². The second-order valence-corrected chi connectivity index (χ2v) is 6.46. The summed E-state index contributed by atoms with van der Waals surface area (Å²) in [5.41, 5.74) is 2.40. The minimum absolute atomic E-state index is 0.0911. The van der Waals surface area contributed by atoms with Gasteiger partial charge in [0.2, 0.25) is 0 Å². The zero-order valence-electron chi connectivity index (χ0n) is 15.8. The smallest absolute Gasteiger partial charge is 0.275 e. The Morgan fingerprint density at radius 1 is 0.931 bits per heavy atom. The lowest BCUT2D eigenvalue weighted by Gasteiger charge is -2.08. The Balaban J connectivity index is 1.90. The maximum atomic E-state index is 13.3. The molecule has 0 amide bonds. The molecule has 1 N–H and O–H groups in total. The molecule has 0 atom stereocenters. The Labute approximate surface area is 167 Å². The number of Topliss-reactive ketones (excluding diaryl/α,β-unsaturated/α-hetero) is 1. The van der Waals surface area contributed by atoms with Crippen molar-refractivity contribution >= 4 is 28.5 Å². The van der Waals surface area contributed by atoms with Crippen LogP contribution in [0, 0.1) is 0 Å². The summed E-state index contributed by atoms with van der Waals surface area (Å²) in [6, 6.07) is 23.3. The van der Waals surface area contributed by atoms with Gasteiger partial charge in [0.25, 0.3) is 5.56 Å². The Morgan fingerprint density at radius 2 is 1.62 bits per heavy atom. The first-order valence-electron chi connectivity index (χ1n) is 9.10. The predicted octanol–water partition coefficient (Wildman–Crippen LogP) is 4.36. The number of ether oxygens (including phenoxy) is 1. The van der Waals surface area contributed by atoms with Crippen molar-refractivity contribution in [2.45, 2.75) is 0 Å². The highest BCUT2D eigenvalue weighted by molar-refractivity contribution is 6.32. The molecule has 0 aliphatic rings. The van der Waals surface area contributed by atoms with Crippen LogP contribution in [-0.2, 0) is 0 Å². The molecule has 1 aromatic heterocycles. The fraction of sp³-hybridized carbons (Fsp3) is 0.0417. The van der Waals surface area contributed by atoms with Crippen molar-refractivity contribution in [2.75, 3.05) is 7.11 Å². The summed E-state index contributed by atoms with van der Waals surface area (Å²) in [5.74, 6) is 0.439. The minimum atomic E-state index is -0.409. The van der Waals surface area contributed by atoms with Crippen molar-refractivity contribution in [3.63, 3.8) is 0 Å². The number of carbonyl (C=O) groups excluding carboxylic acids is 1. The van der Waals surface area contributed by atoms with Crippen LogP contribution in [0.15, 0.2) is 83.7 Å². The molecule has 3 aromatic carbocycles. The maximum absolute atomic E-state index is 13.3. The van der Waals surface area contributed by atoms with E-state index in [1.165, 1.54) is 0 Å². The number of hydrogen-bond donors (Lipinski definition) is 1. The number of aromatic amines is 1. The highest BCUT2D eigenvalue weighted by Crippen LogP contribution is 2.22. The molecule has 5 heteroatoms. The first kappa shape index (κ1) is 18.4. The molecule has 0 saturated heterocycles. The number of carbonyl (C=O) groups is 1. The van der Waals surface area contributed by atoms with Gasteiger partial charge < -0.3 is 9.72 Å². The summed E-state index contributed by atoms with van der Waals surface area (Å²) in [7, 11) is 1.59. The van der Waals surface area contributed by atoms with Gasteiger partial charge in [-0.2, -0.15) is 0 Å². The van der Waals surface area contributed by atoms with E-state index in [9.17, 15) is 9.59 Å². The van der Waals surface area contributed by atoms with E-state index in [1.807, 2.05) is 30.3 Å². The Bertz CT molecular complexity index is 1260. The number of ketones is 1. The topological polar surface area (TPSA) is 72.0 Å². The van der Waals surface area contributed by atoms with Crippen molar-refractivity contribution in [1.29, 1.82) is 0 Å². The molecular weight excluding hydrogens is 364 g/mol. The van der Waals surface area contributed by atoms with E-state index in [4.69, 9.17) is 4.74 Å². The molecule has 1 heterocycles. The number of benzene rings is 3. The highest BCUT2D eigenvalue weighted by atomic mass is 16.5. The molecule has 142 valence electrons. The van der Waals surface area contributed by atoms with Crippen LogP contribution in [0.4, 0.5) is 0 Å². The Morgan fingerprint density at radius 3 is 2.34 bits per heavy atom. The fourth-order valence-electron chi connectivity index (χ4n) is 3.07. The molecule has 4 rings (SSSR count). The Hall–Kier alpha value is -3.99. The zero-order chi connectivity index (χ0) is 20.2. The average molecular weight is 382 g/mol. The standard InChI is InChI=1S/C24H18N2O3/c1-29-18-13-11-16(12-14-18)15-19(23(27)17-7-3-2-4-8-17)22-24(28)26-21-10-6-5-9-20(21)25-22/h2-15H,1H3,(H,26,28)/b19-15-. The number of rotatable bonds is 5. The molecule has 29 heavy (non-hydrogen) atoms. The van der Waals surface area contributed by atoms with Crippen LogP contribution in [0.2, 0.25) is 0 Å². The van der Waals surface area contributed by atoms with Gasteiger partial charge in [-0.05, 0) is 35.9 Å². The molecule has 4 aromatic rings. The van der Waals surface area contributed by atoms with E-state index in [0.717, 1.165) is 5.56 Å². The van der Waals surface area contributed by atoms with E-state index >= 15 is 0 Å². The van der Waals surface area contributed by atoms with Gasteiger partial charge in [-0.25, -0.2) is 4.98 Å². The number of hydrogen-bond acceptors (Lipinski definition) is 4. The average Bonchev–Trinajstić information content (AvgIpc) is 2.78. The molecule has 5 nitrogen and oxygen atoms in total.